The number of hydrogen-bond acceptors (Lipinski definition) is 1. The molecule has 0 radical (unpaired) electrons. The summed E-state index contributed by atoms with van der Waals surface area (Å²) < 4.78 is 4.73. The molecule has 0 aromatic heterocycles. The molecule has 9 heavy (non-hydrogen) atoms. The van der Waals surface area contributed by atoms with E-state index in [0.29, 0.717) is 0 Å². The lowest BCUT2D eigenvalue weighted by Gasteiger charge is -1.93. The lowest BCUT2D eigenvalue weighted by atomic mass is 11.1. The van der Waals surface area contributed by atoms with Crippen LogP contribution < -0.4 is 0 Å². The number of rotatable bonds is 4. The topological polar surface area (TPSA) is 9.23 Å². The second-order valence-electron chi connectivity index (χ2n) is 1.61. The fourth-order valence-corrected chi connectivity index (χ4v) is 1.27. The van der Waals surface area contributed by atoms with Gasteiger partial charge in [0, 0.05) is 0 Å². The standard InChI is InChI=1S/C7H12OSi/c1-4-9(5-2)7-6-8-3/h4-7,9H,1-2H2,3H3. The summed E-state index contributed by atoms with van der Waals surface area (Å²) in [6.07, 6.45) is 1.68. The Morgan fingerprint density at radius 1 is 1.33 bits per heavy atom. The van der Waals surface area contributed by atoms with Crippen molar-refractivity contribution >= 4 is 8.80 Å². The second kappa shape index (κ2) is 5.38. The van der Waals surface area contributed by atoms with E-state index >= 15 is 0 Å². The maximum Gasteiger partial charge on any atom is 0.112 e. The van der Waals surface area contributed by atoms with Crippen LogP contribution in [0.15, 0.2) is 36.5 Å². The minimum Gasteiger partial charge on any atom is -0.505 e. The van der Waals surface area contributed by atoms with E-state index in [4.69, 9.17) is 4.74 Å². The highest BCUT2D eigenvalue weighted by Gasteiger charge is 1.90. The Bertz CT molecular complexity index is 110. The van der Waals surface area contributed by atoms with Crippen LogP contribution in [0, 0.1) is 0 Å². The molecule has 0 bridgehead atoms. The Morgan fingerprint density at radius 2 is 1.89 bits per heavy atom. The van der Waals surface area contributed by atoms with Crippen molar-refractivity contribution in [3.63, 3.8) is 0 Å². The van der Waals surface area contributed by atoms with E-state index in [1.807, 2.05) is 17.1 Å². The lowest BCUT2D eigenvalue weighted by Crippen LogP contribution is -1.99. The van der Waals surface area contributed by atoms with Crippen molar-refractivity contribution in [1.82, 2.24) is 0 Å². The lowest BCUT2D eigenvalue weighted by molar-refractivity contribution is 0.339. The highest BCUT2D eigenvalue weighted by atomic mass is 28.3. The van der Waals surface area contributed by atoms with Gasteiger partial charge in [0.25, 0.3) is 0 Å². The zero-order valence-corrected chi connectivity index (χ0v) is 6.86. The first-order valence-electron chi connectivity index (χ1n) is 2.79. The van der Waals surface area contributed by atoms with E-state index in [2.05, 4.69) is 13.2 Å². The smallest absolute Gasteiger partial charge is 0.112 e. The van der Waals surface area contributed by atoms with Gasteiger partial charge in [-0.05, 0) is 0 Å². The molecular weight excluding hydrogens is 128 g/mol. The Kier molecular flexibility index (Phi) is 4.92. The van der Waals surface area contributed by atoms with Crippen LogP contribution in [0.3, 0.4) is 0 Å². The summed E-state index contributed by atoms with van der Waals surface area (Å²) in [6.45, 7) is 7.34. The second-order valence-corrected chi connectivity index (χ2v) is 4.10. The maximum atomic E-state index is 4.73. The van der Waals surface area contributed by atoms with Crippen LogP contribution in [0.25, 0.3) is 0 Å². The predicted octanol–water partition coefficient (Wildman–Crippen LogP) is 1.36. The maximum absolute atomic E-state index is 4.73. The van der Waals surface area contributed by atoms with Crippen LogP contribution >= 0.6 is 0 Å². The van der Waals surface area contributed by atoms with Crippen LogP contribution in [0.1, 0.15) is 0 Å². The third-order valence-electron chi connectivity index (χ3n) is 0.981. The normalized spacial score (nSPS) is 10.0. The van der Waals surface area contributed by atoms with Gasteiger partial charge in [0.05, 0.1) is 13.4 Å². The molecule has 0 saturated heterocycles. The summed E-state index contributed by atoms with van der Waals surface area (Å²) in [5, 5.41) is 0. The minimum atomic E-state index is -0.988. The fraction of sp³-hybridized carbons (Fsp3) is 0.143. The zero-order valence-electron chi connectivity index (χ0n) is 5.71. The molecular formula is C7H12OSi. The van der Waals surface area contributed by atoms with Crippen LogP contribution in [-0.4, -0.2) is 15.9 Å². The molecule has 0 saturated carbocycles. The average molecular weight is 140 g/mol. The van der Waals surface area contributed by atoms with Crippen molar-refractivity contribution < 1.29 is 4.74 Å². The van der Waals surface area contributed by atoms with Crippen LogP contribution in [0.5, 0.6) is 0 Å². The molecule has 0 aliphatic heterocycles. The van der Waals surface area contributed by atoms with Gasteiger partial charge in [0.1, 0.15) is 8.80 Å². The van der Waals surface area contributed by atoms with E-state index in [9.17, 15) is 0 Å². The summed E-state index contributed by atoms with van der Waals surface area (Å²) in [4.78, 5) is 0. The highest BCUT2D eigenvalue weighted by molar-refractivity contribution is 6.73. The summed E-state index contributed by atoms with van der Waals surface area (Å²) in [6, 6.07) is 0. The first kappa shape index (κ1) is 8.24. The summed E-state index contributed by atoms with van der Waals surface area (Å²) in [5.74, 6) is 0. The molecule has 0 aliphatic carbocycles. The van der Waals surface area contributed by atoms with Crippen LogP contribution in [-0.2, 0) is 4.74 Å². The highest BCUT2D eigenvalue weighted by Crippen LogP contribution is 1.86. The van der Waals surface area contributed by atoms with Gasteiger partial charge in [-0.3, -0.25) is 0 Å². The molecule has 0 aliphatic rings. The largest absolute Gasteiger partial charge is 0.505 e. The van der Waals surface area contributed by atoms with E-state index < -0.39 is 8.80 Å². The Balaban J connectivity index is 3.67. The monoisotopic (exact) mass is 140 g/mol. The summed E-state index contributed by atoms with van der Waals surface area (Å²) in [7, 11) is 0.646. The van der Waals surface area contributed by atoms with Crippen molar-refractivity contribution in [2.75, 3.05) is 7.11 Å². The minimum absolute atomic E-state index is 0.988. The van der Waals surface area contributed by atoms with Crippen molar-refractivity contribution in [1.29, 1.82) is 0 Å². The first-order chi connectivity index (χ1) is 4.35. The molecule has 1 nitrogen and oxygen atoms in total. The molecule has 0 aromatic carbocycles. The Hall–Kier alpha value is -0.763. The van der Waals surface area contributed by atoms with Crippen molar-refractivity contribution in [3.8, 4) is 0 Å². The third-order valence-corrected chi connectivity index (χ3v) is 2.67. The predicted molar refractivity (Wildman–Crippen MR) is 43.7 cm³/mol. The molecule has 2 heteroatoms. The SMILES string of the molecule is C=C[SiH](C=C)C=COC. The number of ether oxygens (including phenoxy) is 1. The number of hydrogen-bond donors (Lipinski definition) is 0. The van der Waals surface area contributed by atoms with Gasteiger partial charge in [0.15, 0.2) is 0 Å². The fourth-order valence-electron chi connectivity index (χ4n) is 0.423. The van der Waals surface area contributed by atoms with Gasteiger partial charge in [0.2, 0.25) is 0 Å². The molecule has 0 atom stereocenters. The van der Waals surface area contributed by atoms with Gasteiger partial charge in [-0.1, -0.05) is 17.1 Å². The Labute approximate surface area is 58.0 Å². The third kappa shape index (κ3) is 3.79. The van der Waals surface area contributed by atoms with E-state index in [1.54, 1.807) is 13.4 Å². The van der Waals surface area contributed by atoms with E-state index in [1.165, 1.54) is 0 Å². The molecule has 0 unspecified atom stereocenters. The van der Waals surface area contributed by atoms with Crippen molar-refractivity contribution in [3.05, 3.63) is 36.5 Å². The summed E-state index contributed by atoms with van der Waals surface area (Å²) >= 11 is 0. The molecule has 0 fully saturated rings. The molecule has 0 aromatic rings. The van der Waals surface area contributed by atoms with Crippen LogP contribution in [0.2, 0.25) is 0 Å². The molecule has 0 spiro atoms. The summed E-state index contributed by atoms with van der Waals surface area (Å²) in [5.41, 5.74) is 5.88. The van der Waals surface area contributed by atoms with E-state index in [0.717, 1.165) is 0 Å². The van der Waals surface area contributed by atoms with Gasteiger partial charge >= 0.3 is 0 Å². The first-order valence-corrected chi connectivity index (χ1v) is 4.79. The molecule has 0 amide bonds. The van der Waals surface area contributed by atoms with Gasteiger partial charge < -0.3 is 4.74 Å². The van der Waals surface area contributed by atoms with Gasteiger partial charge in [-0.25, -0.2) is 0 Å². The Morgan fingerprint density at radius 3 is 2.22 bits per heavy atom. The van der Waals surface area contributed by atoms with Crippen molar-refractivity contribution in [2.24, 2.45) is 0 Å². The van der Waals surface area contributed by atoms with E-state index in [-0.39, 0.29) is 0 Å². The molecule has 0 heterocycles. The number of methoxy groups -OCH3 is 1. The van der Waals surface area contributed by atoms with Crippen molar-refractivity contribution in [2.45, 2.75) is 0 Å². The van der Waals surface area contributed by atoms with Crippen LogP contribution in [0.4, 0.5) is 0 Å². The quantitative estimate of drug-likeness (QED) is 0.423. The molecule has 50 valence electrons. The molecule has 0 rings (SSSR count). The molecule has 0 N–H and O–H groups in total. The van der Waals surface area contributed by atoms with Gasteiger partial charge in [-0.2, -0.15) is 0 Å². The average Bonchev–Trinajstić information content (AvgIpc) is 1.91. The zero-order chi connectivity index (χ0) is 7.11. The van der Waals surface area contributed by atoms with Gasteiger partial charge in [-0.15, -0.1) is 13.2 Å².